The summed E-state index contributed by atoms with van der Waals surface area (Å²) >= 11 is 3.40. The maximum absolute atomic E-state index is 12.2. The van der Waals surface area contributed by atoms with Gasteiger partial charge in [0, 0.05) is 29.8 Å². The highest BCUT2D eigenvalue weighted by Crippen LogP contribution is 2.17. The van der Waals surface area contributed by atoms with E-state index in [4.69, 9.17) is 0 Å². The Labute approximate surface area is 140 Å². The van der Waals surface area contributed by atoms with E-state index in [0.717, 1.165) is 23.1 Å². The van der Waals surface area contributed by atoms with Gasteiger partial charge in [-0.15, -0.1) is 0 Å². The molecule has 4 heteroatoms. The van der Waals surface area contributed by atoms with Gasteiger partial charge in [0.15, 0.2) is 0 Å². The summed E-state index contributed by atoms with van der Waals surface area (Å²) in [5, 5.41) is 2.95. The Bertz CT molecular complexity index is 621. The van der Waals surface area contributed by atoms with Gasteiger partial charge < -0.3 is 10.2 Å². The third-order valence-corrected chi connectivity index (χ3v) is 4.33. The SMILES string of the molecule is CCN(CC)c1ccc(CNC(=O)c2ccccc2Br)cc1. The monoisotopic (exact) mass is 360 g/mol. The third kappa shape index (κ3) is 4.10. The fourth-order valence-corrected chi connectivity index (χ4v) is 2.80. The number of nitrogens with zero attached hydrogens (tertiary/aromatic N) is 1. The van der Waals surface area contributed by atoms with Gasteiger partial charge in [-0.2, -0.15) is 0 Å². The van der Waals surface area contributed by atoms with Crippen LogP contribution in [-0.4, -0.2) is 19.0 Å². The molecule has 0 fully saturated rings. The van der Waals surface area contributed by atoms with Crippen LogP contribution in [0.1, 0.15) is 29.8 Å². The largest absolute Gasteiger partial charge is 0.372 e. The zero-order valence-electron chi connectivity index (χ0n) is 13.0. The number of nitrogens with one attached hydrogen (secondary N) is 1. The van der Waals surface area contributed by atoms with E-state index in [-0.39, 0.29) is 5.91 Å². The molecule has 0 heterocycles. The molecular weight excluding hydrogens is 340 g/mol. The van der Waals surface area contributed by atoms with Gasteiger partial charge in [-0.1, -0.05) is 24.3 Å². The van der Waals surface area contributed by atoms with E-state index in [1.165, 1.54) is 5.69 Å². The van der Waals surface area contributed by atoms with E-state index in [1.54, 1.807) is 0 Å². The summed E-state index contributed by atoms with van der Waals surface area (Å²) in [5.41, 5.74) is 2.96. The Balaban J connectivity index is 1.97. The number of rotatable bonds is 6. The van der Waals surface area contributed by atoms with Crippen molar-refractivity contribution < 1.29 is 4.79 Å². The lowest BCUT2D eigenvalue weighted by Gasteiger charge is -2.21. The summed E-state index contributed by atoms with van der Waals surface area (Å²) in [6.45, 7) is 6.81. The number of carbonyl (C=O) groups is 1. The van der Waals surface area contributed by atoms with Crippen LogP contribution in [-0.2, 0) is 6.54 Å². The van der Waals surface area contributed by atoms with E-state index < -0.39 is 0 Å². The maximum Gasteiger partial charge on any atom is 0.252 e. The molecule has 0 aliphatic carbocycles. The summed E-state index contributed by atoms with van der Waals surface area (Å²) in [5.74, 6) is -0.0692. The van der Waals surface area contributed by atoms with E-state index in [1.807, 2.05) is 24.3 Å². The van der Waals surface area contributed by atoms with Crippen LogP contribution in [0, 0.1) is 0 Å². The Hall–Kier alpha value is -1.81. The first-order chi connectivity index (χ1) is 10.7. The minimum absolute atomic E-state index is 0.0692. The van der Waals surface area contributed by atoms with Gasteiger partial charge in [0.2, 0.25) is 0 Å². The summed E-state index contributed by atoms with van der Waals surface area (Å²) in [4.78, 5) is 14.5. The average molecular weight is 361 g/mol. The average Bonchev–Trinajstić information content (AvgIpc) is 2.55. The summed E-state index contributed by atoms with van der Waals surface area (Å²) in [6.07, 6.45) is 0. The zero-order chi connectivity index (χ0) is 15.9. The molecule has 2 aromatic rings. The van der Waals surface area contributed by atoms with Crippen LogP contribution in [0.25, 0.3) is 0 Å². The molecule has 0 aliphatic heterocycles. The highest BCUT2D eigenvalue weighted by atomic mass is 79.9. The molecule has 3 nitrogen and oxygen atoms in total. The fraction of sp³-hybridized carbons (Fsp3) is 0.278. The van der Waals surface area contributed by atoms with Gasteiger partial charge in [0.25, 0.3) is 5.91 Å². The molecule has 0 saturated heterocycles. The standard InChI is InChI=1S/C18H21BrN2O/c1-3-21(4-2)15-11-9-14(10-12-15)13-20-18(22)16-7-5-6-8-17(16)19/h5-12H,3-4,13H2,1-2H3,(H,20,22). The number of hydrogen-bond donors (Lipinski definition) is 1. The number of hydrogen-bond acceptors (Lipinski definition) is 2. The predicted octanol–water partition coefficient (Wildman–Crippen LogP) is 4.23. The first kappa shape index (κ1) is 16.6. The summed E-state index contributed by atoms with van der Waals surface area (Å²) in [7, 11) is 0. The van der Waals surface area contributed by atoms with E-state index >= 15 is 0 Å². The molecule has 0 unspecified atom stereocenters. The van der Waals surface area contributed by atoms with Crippen molar-refractivity contribution in [1.29, 1.82) is 0 Å². The van der Waals surface area contributed by atoms with Crippen molar-refractivity contribution >= 4 is 27.5 Å². The van der Waals surface area contributed by atoms with Gasteiger partial charge in [-0.05, 0) is 59.6 Å². The first-order valence-corrected chi connectivity index (χ1v) is 8.31. The van der Waals surface area contributed by atoms with Crippen molar-refractivity contribution in [2.24, 2.45) is 0 Å². The molecule has 0 saturated carbocycles. The first-order valence-electron chi connectivity index (χ1n) is 7.52. The molecule has 1 amide bonds. The Morgan fingerprint density at radius 1 is 1.05 bits per heavy atom. The van der Waals surface area contributed by atoms with Crippen molar-refractivity contribution in [3.63, 3.8) is 0 Å². The molecule has 0 atom stereocenters. The molecule has 0 bridgehead atoms. The lowest BCUT2D eigenvalue weighted by atomic mass is 10.1. The molecule has 116 valence electrons. The van der Waals surface area contributed by atoms with Crippen LogP contribution in [0.2, 0.25) is 0 Å². The zero-order valence-corrected chi connectivity index (χ0v) is 14.6. The van der Waals surface area contributed by atoms with Crippen LogP contribution in [0.4, 0.5) is 5.69 Å². The second-order valence-electron chi connectivity index (χ2n) is 5.00. The van der Waals surface area contributed by atoms with Crippen molar-refractivity contribution in [1.82, 2.24) is 5.32 Å². The van der Waals surface area contributed by atoms with Crippen LogP contribution in [0.15, 0.2) is 53.0 Å². The number of anilines is 1. The second-order valence-corrected chi connectivity index (χ2v) is 5.86. The number of benzene rings is 2. The quantitative estimate of drug-likeness (QED) is 0.835. The van der Waals surface area contributed by atoms with Gasteiger partial charge in [0.05, 0.1) is 5.56 Å². The van der Waals surface area contributed by atoms with E-state index in [9.17, 15) is 4.79 Å². The minimum Gasteiger partial charge on any atom is -0.372 e. The molecule has 2 rings (SSSR count). The molecule has 0 spiro atoms. The fourth-order valence-electron chi connectivity index (χ4n) is 2.34. The van der Waals surface area contributed by atoms with Gasteiger partial charge in [-0.25, -0.2) is 0 Å². The van der Waals surface area contributed by atoms with Crippen LogP contribution in [0.5, 0.6) is 0 Å². The molecule has 0 aliphatic rings. The third-order valence-electron chi connectivity index (χ3n) is 3.64. The normalized spacial score (nSPS) is 10.3. The number of amides is 1. The smallest absolute Gasteiger partial charge is 0.252 e. The highest BCUT2D eigenvalue weighted by molar-refractivity contribution is 9.10. The van der Waals surface area contributed by atoms with Crippen molar-refractivity contribution in [3.05, 3.63) is 64.1 Å². The highest BCUT2D eigenvalue weighted by Gasteiger charge is 2.08. The maximum atomic E-state index is 12.2. The summed E-state index contributed by atoms with van der Waals surface area (Å²) < 4.78 is 0.810. The Kier molecular flexibility index (Phi) is 6.01. The van der Waals surface area contributed by atoms with Crippen LogP contribution >= 0.6 is 15.9 Å². The minimum atomic E-state index is -0.0692. The van der Waals surface area contributed by atoms with E-state index in [0.29, 0.717) is 12.1 Å². The molecule has 22 heavy (non-hydrogen) atoms. The Morgan fingerprint density at radius 3 is 2.27 bits per heavy atom. The van der Waals surface area contributed by atoms with Gasteiger partial charge in [-0.3, -0.25) is 4.79 Å². The lowest BCUT2D eigenvalue weighted by Crippen LogP contribution is -2.23. The van der Waals surface area contributed by atoms with Gasteiger partial charge in [0.1, 0.15) is 0 Å². The van der Waals surface area contributed by atoms with Crippen molar-refractivity contribution in [2.45, 2.75) is 20.4 Å². The van der Waals surface area contributed by atoms with Gasteiger partial charge >= 0.3 is 0 Å². The van der Waals surface area contributed by atoms with Crippen LogP contribution in [0.3, 0.4) is 0 Å². The topological polar surface area (TPSA) is 32.3 Å². The molecule has 0 aromatic heterocycles. The molecule has 0 radical (unpaired) electrons. The van der Waals surface area contributed by atoms with E-state index in [2.05, 4.69) is 64.3 Å². The lowest BCUT2D eigenvalue weighted by molar-refractivity contribution is 0.0950. The number of halogens is 1. The number of carbonyl (C=O) groups excluding carboxylic acids is 1. The molecule has 2 aromatic carbocycles. The second kappa shape index (κ2) is 7.99. The van der Waals surface area contributed by atoms with Crippen molar-refractivity contribution in [2.75, 3.05) is 18.0 Å². The van der Waals surface area contributed by atoms with Crippen molar-refractivity contribution in [3.8, 4) is 0 Å². The summed E-state index contributed by atoms with van der Waals surface area (Å²) in [6, 6.07) is 15.8. The Morgan fingerprint density at radius 2 is 1.68 bits per heavy atom. The molecule has 1 N–H and O–H groups in total. The molecular formula is C18H21BrN2O. The predicted molar refractivity (Wildman–Crippen MR) is 95.3 cm³/mol. The van der Waals surface area contributed by atoms with Crippen LogP contribution < -0.4 is 10.2 Å².